The highest BCUT2D eigenvalue weighted by Gasteiger charge is 2.40. The molecule has 1 saturated heterocycles. The van der Waals surface area contributed by atoms with Crippen LogP contribution >= 0.6 is 0 Å². The fourth-order valence-corrected chi connectivity index (χ4v) is 3.25. The zero-order valence-corrected chi connectivity index (χ0v) is 16.2. The van der Waals surface area contributed by atoms with Gasteiger partial charge in [-0.15, -0.1) is 0 Å². The number of carboxylic acids is 1. The Morgan fingerprint density at radius 2 is 1.81 bits per heavy atom. The van der Waals surface area contributed by atoms with Crippen molar-refractivity contribution in [3.05, 3.63) is 0 Å². The minimum atomic E-state index is -0.990. The standard InChI is InChI=1S/C18H32N4O4/c1-11(2)15(20-16(23)12(3)19-4)17(24)22-8-7-21(9-13-5-6-13)10-14(22)18(25)26/h11-15,19H,5-10H2,1-4H3,(H,20,23)(H,25,26). The van der Waals surface area contributed by atoms with Gasteiger partial charge in [0.2, 0.25) is 11.8 Å². The van der Waals surface area contributed by atoms with Crippen LogP contribution in [0.5, 0.6) is 0 Å². The second-order valence-electron chi connectivity index (χ2n) is 7.83. The Labute approximate surface area is 155 Å². The number of piperazine rings is 1. The number of rotatable bonds is 8. The number of likely N-dealkylation sites (N-methyl/N-ethyl adjacent to an activating group) is 1. The van der Waals surface area contributed by atoms with E-state index in [-0.39, 0.29) is 17.7 Å². The molecule has 2 amide bonds. The molecule has 8 nitrogen and oxygen atoms in total. The van der Waals surface area contributed by atoms with E-state index in [4.69, 9.17) is 0 Å². The molecule has 1 aliphatic carbocycles. The molecule has 3 atom stereocenters. The fourth-order valence-electron chi connectivity index (χ4n) is 3.25. The number of hydrogen-bond acceptors (Lipinski definition) is 5. The normalized spacial score (nSPS) is 23.6. The maximum Gasteiger partial charge on any atom is 0.327 e. The number of hydrogen-bond donors (Lipinski definition) is 3. The lowest BCUT2D eigenvalue weighted by Gasteiger charge is -2.41. The van der Waals surface area contributed by atoms with Crippen LogP contribution in [0.25, 0.3) is 0 Å². The monoisotopic (exact) mass is 368 g/mol. The third-order valence-electron chi connectivity index (χ3n) is 5.30. The quantitative estimate of drug-likeness (QED) is 0.546. The summed E-state index contributed by atoms with van der Waals surface area (Å²) in [4.78, 5) is 40.6. The first-order valence-corrected chi connectivity index (χ1v) is 9.47. The summed E-state index contributed by atoms with van der Waals surface area (Å²) < 4.78 is 0. The highest BCUT2D eigenvalue weighted by Crippen LogP contribution is 2.30. The second kappa shape index (κ2) is 8.81. The zero-order valence-electron chi connectivity index (χ0n) is 16.2. The summed E-state index contributed by atoms with van der Waals surface area (Å²) >= 11 is 0. The van der Waals surface area contributed by atoms with Crippen molar-refractivity contribution in [2.75, 3.05) is 33.2 Å². The third-order valence-corrected chi connectivity index (χ3v) is 5.30. The van der Waals surface area contributed by atoms with Crippen LogP contribution in [-0.4, -0.2) is 84.0 Å². The lowest BCUT2D eigenvalue weighted by molar-refractivity contribution is -0.155. The van der Waals surface area contributed by atoms with E-state index >= 15 is 0 Å². The van der Waals surface area contributed by atoms with Gasteiger partial charge in [-0.3, -0.25) is 14.5 Å². The van der Waals surface area contributed by atoms with Crippen LogP contribution in [0.4, 0.5) is 0 Å². The Morgan fingerprint density at radius 3 is 2.31 bits per heavy atom. The first-order chi connectivity index (χ1) is 12.2. The fraction of sp³-hybridized carbons (Fsp3) is 0.833. The van der Waals surface area contributed by atoms with Crippen molar-refractivity contribution in [3.8, 4) is 0 Å². The number of nitrogens with zero attached hydrogens (tertiary/aromatic N) is 2. The number of carbonyl (C=O) groups excluding carboxylic acids is 2. The van der Waals surface area contributed by atoms with Crippen molar-refractivity contribution >= 4 is 17.8 Å². The molecule has 3 N–H and O–H groups in total. The molecule has 0 aromatic rings. The summed E-state index contributed by atoms with van der Waals surface area (Å²) in [6.45, 7) is 7.74. The van der Waals surface area contributed by atoms with Gasteiger partial charge in [0.15, 0.2) is 0 Å². The van der Waals surface area contributed by atoms with Gasteiger partial charge in [-0.25, -0.2) is 4.79 Å². The summed E-state index contributed by atoms with van der Waals surface area (Å²) in [5, 5.41) is 15.3. The van der Waals surface area contributed by atoms with Crippen LogP contribution in [0.1, 0.15) is 33.6 Å². The molecule has 1 heterocycles. The average Bonchev–Trinajstić information content (AvgIpc) is 3.41. The summed E-state index contributed by atoms with van der Waals surface area (Å²) in [5.41, 5.74) is 0. The van der Waals surface area contributed by atoms with Gasteiger partial charge in [-0.05, 0) is 38.6 Å². The Balaban J connectivity index is 2.07. The van der Waals surface area contributed by atoms with Crippen molar-refractivity contribution < 1.29 is 19.5 Å². The van der Waals surface area contributed by atoms with Crippen LogP contribution in [-0.2, 0) is 14.4 Å². The number of carbonyl (C=O) groups is 3. The maximum atomic E-state index is 13.1. The van der Waals surface area contributed by atoms with E-state index in [1.807, 2.05) is 13.8 Å². The van der Waals surface area contributed by atoms with Crippen molar-refractivity contribution in [2.24, 2.45) is 11.8 Å². The van der Waals surface area contributed by atoms with Crippen LogP contribution < -0.4 is 10.6 Å². The molecule has 8 heteroatoms. The molecule has 1 aliphatic heterocycles. The zero-order chi connectivity index (χ0) is 19.4. The lowest BCUT2D eigenvalue weighted by Crippen LogP contribution is -2.63. The van der Waals surface area contributed by atoms with Gasteiger partial charge in [-0.1, -0.05) is 13.8 Å². The molecular weight excluding hydrogens is 336 g/mol. The number of nitrogens with one attached hydrogen (secondary N) is 2. The highest BCUT2D eigenvalue weighted by molar-refractivity contribution is 5.92. The molecule has 148 valence electrons. The maximum absolute atomic E-state index is 13.1. The van der Waals surface area contributed by atoms with E-state index in [1.165, 1.54) is 17.7 Å². The predicted molar refractivity (Wildman–Crippen MR) is 97.6 cm³/mol. The molecule has 1 saturated carbocycles. The molecule has 0 radical (unpaired) electrons. The van der Waals surface area contributed by atoms with E-state index in [9.17, 15) is 19.5 Å². The van der Waals surface area contributed by atoms with Gasteiger partial charge in [0, 0.05) is 26.2 Å². The van der Waals surface area contributed by atoms with Crippen molar-refractivity contribution in [3.63, 3.8) is 0 Å². The molecule has 0 aromatic heterocycles. The first kappa shape index (κ1) is 20.6. The molecule has 0 bridgehead atoms. The van der Waals surface area contributed by atoms with Crippen LogP contribution in [0, 0.1) is 11.8 Å². The average molecular weight is 368 g/mol. The number of aliphatic carboxylic acids is 1. The molecule has 2 rings (SSSR count). The highest BCUT2D eigenvalue weighted by atomic mass is 16.4. The van der Waals surface area contributed by atoms with Crippen molar-refractivity contribution in [1.29, 1.82) is 0 Å². The summed E-state index contributed by atoms with van der Waals surface area (Å²) in [6, 6.07) is -2.01. The topological polar surface area (TPSA) is 102 Å². The molecule has 3 unspecified atom stereocenters. The Morgan fingerprint density at radius 1 is 1.15 bits per heavy atom. The van der Waals surface area contributed by atoms with Crippen molar-refractivity contribution in [1.82, 2.24) is 20.4 Å². The molecule has 2 aliphatic rings. The molecular formula is C18H32N4O4. The van der Waals surface area contributed by atoms with Gasteiger partial charge >= 0.3 is 5.97 Å². The van der Waals surface area contributed by atoms with Crippen molar-refractivity contribution in [2.45, 2.75) is 51.7 Å². The molecule has 0 aromatic carbocycles. The first-order valence-electron chi connectivity index (χ1n) is 9.47. The van der Waals surface area contributed by atoms with Gasteiger partial charge in [-0.2, -0.15) is 0 Å². The summed E-state index contributed by atoms with van der Waals surface area (Å²) in [7, 11) is 1.68. The van der Waals surface area contributed by atoms with Crippen LogP contribution in [0.3, 0.4) is 0 Å². The van der Waals surface area contributed by atoms with Crippen LogP contribution in [0.2, 0.25) is 0 Å². The van der Waals surface area contributed by atoms with E-state index in [0.29, 0.717) is 25.6 Å². The van der Waals surface area contributed by atoms with Crippen LogP contribution in [0.15, 0.2) is 0 Å². The summed E-state index contributed by atoms with van der Waals surface area (Å²) in [6.07, 6.45) is 2.42. The van der Waals surface area contributed by atoms with E-state index in [2.05, 4.69) is 15.5 Å². The Kier molecular flexibility index (Phi) is 7.00. The molecule has 0 spiro atoms. The van der Waals surface area contributed by atoms with E-state index in [0.717, 1.165) is 6.54 Å². The minimum Gasteiger partial charge on any atom is -0.480 e. The van der Waals surface area contributed by atoms with E-state index in [1.54, 1.807) is 14.0 Å². The SMILES string of the molecule is CNC(C)C(=O)NC(C(=O)N1CCN(CC2CC2)CC1C(=O)O)C(C)C. The van der Waals surface area contributed by atoms with Gasteiger partial charge < -0.3 is 20.6 Å². The van der Waals surface area contributed by atoms with E-state index < -0.39 is 24.1 Å². The Bertz CT molecular complexity index is 535. The smallest absolute Gasteiger partial charge is 0.327 e. The van der Waals surface area contributed by atoms with Gasteiger partial charge in [0.25, 0.3) is 0 Å². The molecule has 2 fully saturated rings. The number of carboxylic acid groups (broad SMARTS) is 1. The van der Waals surface area contributed by atoms with Gasteiger partial charge in [0.05, 0.1) is 6.04 Å². The minimum absolute atomic E-state index is 0.130. The third kappa shape index (κ3) is 5.17. The largest absolute Gasteiger partial charge is 0.480 e. The lowest BCUT2D eigenvalue weighted by atomic mass is 10.00. The van der Waals surface area contributed by atoms with Gasteiger partial charge in [0.1, 0.15) is 12.1 Å². The Hall–Kier alpha value is -1.67. The summed E-state index contributed by atoms with van der Waals surface area (Å²) in [5.74, 6) is -1.02. The number of amides is 2. The second-order valence-corrected chi connectivity index (χ2v) is 7.83. The predicted octanol–water partition coefficient (Wildman–Crippen LogP) is -0.257. The molecule has 26 heavy (non-hydrogen) atoms.